The largest absolute Gasteiger partial charge is 0.472 e. The van der Waals surface area contributed by atoms with Crippen LogP contribution in [-0.2, 0) is 9.53 Å². The lowest BCUT2D eigenvalue weighted by Crippen LogP contribution is -2.17. The summed E-state index contributed by atoms with van der Waals surface area (Å²) in [5.74, 6) is 0.940. The van der Waals surface area contributed by atoms with Crippen molar-refractivity contribution in [1.29, 1.82) is 0 Å². The van der Waals surface area contributed by atoms with Gasteiger partial charge < -0.3 is 14.8 Å². The number of hydrogen-bond acceptors (Lipinski definition) is 4. The summed E-state index contributed by atoms with van der Waals surface area (Å²) in [5.41, 5.74) is 0.728. The number of nitrogens with zero attached hydrogens (tertiary/aromatic N) is 1. The zero-order chi connectivity index (χ0) is 14.5. The van der Waals surface area contributed by atoms with Crippen LogP contribution in [0.5, 0.6) is 5.88 Å². The fourth-order valence-corrected chi connectivity index (χ4v) is 2.64. The van der Waals surface area contributed by atoms with Gasteiger partial charge in [0.05, 0.1) is 13.2 Å². The molecule has 2 aliphatic rings. The van der Waals surface area contributed by atoms with E-state index in [0.29, 0.717) is 24.8 Å². The van der Waals surface area contributed by atoms with Crippen molar-refractivity contribution in [3.05, 3.63) is 30.5 Å². The maximum Gasteiger partial charge on any atom is 0.224 e. The van der Waals surface area contributed by atoms with Gasteiger partial charge in [-0.3, -0.25) is 4.79 Å². The van der Waals surface area contributed by atoms with Gasteiger partial charge in [-0.25, -0.2) is 4.98 Å². The molecule has 1 amide bonds. The highest BCUT2D eigenvalue weighted by Gasteiger charge is 2.18. The fourth-order valence-electron chi connectivity index (χ4n) is 2.64. The van der Waals surface area contributed by atoms with Crippen molar-refractivity contribution < 1.29 is 14.3 Å². The van der Waals surface area contributed by atoms with Crippen LogP contribution in [0.4, 0.5) is 5.69 Å². The van der Waals surface area contributed by atoms with Gasteiger partial charge in [0, 0.05) is 30.8 Å². The smallest absolute Gasteiger partial charge is 0.224 e. The van der Waals surface area contributed by atoms with Crippen LogP contribution >= 0.6 is 0 Å². The van der Waals surface area contributed by atoms with E-state index in [2.05, 4.69) is 22.5 Å². The van der Waals surface area contributed by atoms with Crippen molar-refractivity contribution in [3.8, 4) is 5.88 Å². The molecule has 5 heteroatoms. The first-order valence-corrected chi connectivity index (χ1v) is 7.46. The second-order valence-corrected chi connectivity index (χ2v) is 5.50. The molecule has 1 aromatic heterocycles. The zero-order valence-corrected chi connectivity index (χ0v) is 12.0. The molecule has 1 aromatic rings. The summed E-state index contributed by atoms with van der Waals surface area (Å²) in [6.07, 6.45) is 9.54. The number of amides is 1. The lowest BCUT2D eigenvalue weighted by Gasteiger charge is -2.12. The Kier molecular flexibility index (Phi) is 4.50. The quantitative estimate of drug-likeness (QED) is 0.846. The summed E-state index contributed by atoms with van der Waals surface area (Å²) in [5, 5.41) is 2.91. The summed E-state index contributed by atoms with van der Waals surface area (Å²) in [6.45, 7) is 1.34. The number of aromatic nitrogens is 1. The van der Waals surface area contributed by atoms with E-state index in [9.17, 15) is 4.79 Å². The first-order chi connectivity index (χ1) is 10.3. The van der Waals surface area contributed by atoms with Crippen LogP contribution in [-0.4, -0.2) is 30.2 Å². The molecular weight excluding hydrogens is 268 g/mol. The van der Waals surface area contributed by atoms with Gasteiger partial charge in [-0.15, -0.1) is 0 Å². The third-order valence-electron chi connectivity index (χ3n) is 3.75. The predicted octanol–water partition coefficient (Wildman–Crippen LogP) is 2.54. The van der Waals surface area contributed by atoms with Crippen molar-refractivity contribution in [2.45, 2.75) is 31.8 Å². The third-order valence-corrected chi connectivity index (χ3v) is 3.75. The van der Waals surface area contributed by atoms with E-state index in [1.807, 2.05) is 0 Å². The maximum atomic E-state index is 12.0. The molecule has 21 heavy (non-hydrogen) atoms. The lowest BCUT2D eigenvalue weighted by molar-refractivity contribution is -0.116. The lowest BCUT2D eigenvalue weighted by atomic mass is 10.1. The Morgan fingerprint density at radius 2 is 2.43 bits per heavy atom. The van der Waals surface area contributed by atoms with Gasteiger partial charge in [0.2, 0.25) is 11.8 Å². The third kappa shape index (κ3) is 4.04. The van der Waals surface area contributed by atoms with Gasteiger partial charge in [0.25, 0.3) is 0 Å². The normalized spacial score (nSPS) is 24.2. The van der Waals surface area contributed by atoms with Crippen LogP contribution in [0.1, 0.15) is 25.7 Å². The Hall–Kier alpha value is -1.88. The van der Waals surface area contributed by atoms with Crippen molar-refractivity contribution in [2.75, 3.05) is 18.5 Å². The van der Waals surface area contributed by atoms with Crippen molar-refractivity contribution in [2.24, 2.45) is 5.92 Å². The van der Waals surface area contributed by atoms with Gasteiger partial charge in [-0.1, -0.05) is 12.2 Å². The SMILES string of the molecule is O=C(C[C@H]1C=CCC1)Nc1ccnc(O[C@@H]2CCOC2)c1. The number of pyridine rings is 1. The second kappa shape index (κ2) is 6.72. The molecule has 0 radical (unpaired) electrons. The number of nitrogens with one attached hydrogen (secondary N) is 1. The van der Waals surface area contributed by atoms with Gasteiger partial charge in [-0.05, 0) is 24.8 Å². The molecule has 5 nitrogen and oxygen atoms in total. The summed E-state index contributed by atoms with van der Waals surface area (Å²) in [6, 6.07) is 3.54. The minimum absolute atomic E-state index is 0.0351. The molecule has 1 aliphatic carbocycles. The minimum atomic E-state index is 0.0351. The molecule has 1 N–H and O–H groups in total. The number of rotatable bonds is 5. The van der Waals surface area contributed by atoms with Gasteiger partial charge in [-0.2, -0.15) is 0 Å². The van der Waals surface area contributed by atoms with E-state index < -0.39 is 0 Å². The molecule has 1 fully saturated rings. The summed E-state index contributed by atoms with van der Waals surface area (Å²) in [4.78, 5) is 16.2. The number of allylic oxidation sites excluding steroid dienone is 2. The molecule has 0 aromatic carbocycles. The van der Waals surface area contributed by atoms with E-state index in [1.54, 1.807) is 18.3 Å². The molecular formula is C16H20N2O3. The molecule has 3 rings (SSSR count). The highest BCUT2D eigenvalue weighted by atomic mass is 16.5. The average molecular weight is 288 g/mol. The topological polar surface area (TPSA) is 60.5 Å². The Bertz CT molecular complexity index is 524. The van der Waals surface area contributed by atoms with Crippen molar-refractivity contribution in [1.82, 2.24) is 4.98 Å². The van der Waals surface area contributed by atoms with E-state index >= 15 is 0 Å². The summed E-state index contributed by atoms with van der Waals surface area (Å²) < 4.78 is 11.0. The molecule has 0 bridgehead atoms. The summed E-state index contributed by atoms with van der Waals surface area (Å²) in [7, 11) is 0. The first-order valence-electron chi connectivity index (χ1n) is 7.46. The fraction of sp³-hybridized carbons (Fsp3) is 0.500. The average Bonchev–Trinajstić information content (AvgIpc) is 3.12. The molecule has 2 atom stereocenters. The highest BCUT2D eigenvalue weighted by Crippen LogP contribution is 2.22. The molecule has 1 saturated heterocycles. The highest BCUT2D eigenvalue weighted by molar-refractivity contribution is 5.91. The van der Waals surface area contributed by atoms with Gasteiger partial charge >= 0.3 is 0 Å². The molecule has 112 valence electrons. The summed E-state index contributed by atoms with van der Waals surface area (Å²) >= 11 is 0. The number of hydrogen-bond donors (Lipinski definition) is 1. The Morgan fingerprint density at radius 1 is 1.48 bits per heavy atom. The van der Waals surface area contributed by atoms with Crippen molar-refractivity contribution in [3.63, 3.8) is 0 Å². The predicted molar refractivity (Wildman–Crippen MR) is 79.2 cm³/mol. The van der Waals surface area contributed by atoms with Crippen LogP contribution in [0.25, 0.3) is 0 Å². The number of carbonyl (C=O) groups is 1. The molecule has 0 unspecified atom stereocenters. The standard InChI is InChI=1S/C16H20N2O3/c19-15(9-12-3-1-2-4-12)18-13-5-7-17-16(10-13)21-14-6-8-20-11-14/h1,3,5,7,10,12,14H,2,4,6,8-9,11H2,(H,17,18,19)/t12-,14+/m0/s1. The van der Waals surface area contributed by atoms with Crippen LogP contribution in [0.2, 0.25) is 0 Å². The first kappa shape index (κ1) is 14.1. The Morgan fingerprint density at radius 3 is 3.19 bits per heavy atom. The minimum Gasteiger partial charge on any atom is -0.472 e. The van der Waals surface area contributed by atoms with E-state index in [-0.39, 0.29) is 12.0 Å². The Labute approximate surface area is 124 Å². The Balaban J connectivity index is 1.54. The van der Waals surface area contributed by atoms with Crippen LogP contribution in [0.3, 0.4) is 0 Å². The molecule has 0 spiro atoms. The van der Waals surface area contributed by atoms with Crippen molar-refractivity contribution >= 4 is 11.6 Å². The van der Waals surface area contributed by atoms with E-state index in [1.165, 1.54) is 0 Å². The van der Waals surface area contributed by atoms with Crippen LogP contribution in [0.15, 0.2) is 30.5 Å². The molecule has 0 saturated carbocycles. The zero-order valence-electron chi connectivity index (χ0n) is 12.0. The number of anilines is 1. The second-order valence-electron chi connectivity index (χ2n) is 5.50. The monoisotopic (exact) mass is 288 g/mol. The maximum absolute atomic E-state index is 12.0. The van der Waals surface area contributed by atoms with Gasteiger partial charge in [0.15, 0.2) is 0 Å². The van der Waals surface area contributed by atoms with E-state index in [0.717, 1.165) is 31.6 Å². The molecule has 2 heterocycles. The number of ether oxygens (including phenoxy) is 2. The van der Waals surface area contributed by atoms with Gasteiger partial charge in [0.1, 0.15) is 6.10 Å². The van der Waals surface area contributed by atoms with Crippen LogP contribution < -0.4 is 10.1 Å². The van der Waals surface area contributed by atoms with Crippen LogP contribution in [0, 0.1) is 5.92 Å². The molecule has 1 aliphatic heterocycles. The van der Waals surface area contributed by atoms with E-state index in [4.69, 9.17) is 9.47 Å². The number of carbonyl (C=O) groups excluding carboxylic acids is 1.